The van der Waals surface area contributed by atoms with Crippen LogP contribution in [0.25, 0.3) is 0 Å². The SMILES string of the molecule is COCCCN1CCOc2ccc(C(O[C@H]3CNC[C@@H](O[Si](C(C)C)(C(C)C)C(C)C)[C@@H]3c3ccc(COC[C@@H](C)[C@H](C)OC)cc3)S(=O)(=O)c3ccc(C)cc3)cc21. The summed E-state index contributed by atoms with van der Waals surface area (Å²) in [6, 6.07) is 21.3. The number of nitrogens with one attached hydrogen (secondary N) is 1. The third kappa shape index (κ3) is 11.2. The minimum atomic E-state index is -4.05. The summed E-state index contributed by atoms with van der Waals surface area (Å²) in [7, 11) is -3.00. The highest BCUT2D eigenvalue weighted by Gasteiger charge is 2.50. The summed E-state index contributed by atoms with van der Waals surface area (Å²) in [4.78, 5) is 2.47. The van der Waals surface area contributed by atoms with E-state index in [2.05, 4.69) is 89.9 Å². The lowest BCUT2D eigenvalue weighted by Crippen LogP contribution is -2.58. The van der Waals surface area contributed by atoms with Crippen molar-refractivity contribution in [3.63, 3.8) is 0 Å². The summed E-state index contributed by atoms with van der Waals surface area (Å²) < 4.78 is 67.8. The number of aryl methyl sites for hydroxylation is 1. The van der Waals surface area contributed by atoms with E-state index >= 15 is 8.42 Å². The number of anilines is 1. The van der Waals surface area contributed by atoms with Gasteiger partial charge in [0, 0.05) is 52.3 Å². The third-order valence-corrected chi connectivity index (χ3v) is 20.7. The van der Waals surface area contributed by atoms with Gasteiger partial charge in [-0.2, -0.15) is 0 Å². The molecule has 0 aromatic heterocycles. The standard InChI is InChI=1S/C47H72N2O8SSi/c1-32(2)59(33(3)4,34(5)6)57-45-29-48-28-44(46(45)39-17-15-38(16-18-39)31-54-30-36(8)37(9)53-11)56-47(58(50,51)41-20-13-35(7)14-21-41)40-19-22-43-42(27-40)49(24-26-55-43)23-12-25-52-10/h13-22,27,32-34,36-37,44-48H,12,23-26,28-31H2,1-11H3/t36-,37+,44+,45-,46-,47?/m1/s1. The van der Waals surface area contributed by atoms with Gasteiger partial charge in [0.1, 0.15) is 12.4 Å². The van der Waals surface area contributed by atoms with Crippen molar-refractivity contribution in [3.05, 3.63) is 89.0 Å². The molecule has 12 heteroatoms. The Hall–Kier alpha value is -2.81. The number of piperidine rings is 1. The van der Waals surface area contributed by atoms with Gasteiger partial charge in [0.2, 0.25) is 18.2 Å². The molecule has 10 nitrogen and oxygen atoms in total. The number of sulfone groups is 1. The molecule has 0 amide bonds. The fourth-order valence-corrected chi connectivity index (χ4v) is 16.3. The number of ether oxygens (including phenoxy) is 5. The topological polar surface area (TPSA) is 105 Å². The van der Waals surface area contributed by atoms with Gasteiger partial charge in [0.15, 0.2) is 5.44 Å². The number of hydrogen-bond donors (Lipinski definition) is 1. The van der Waals surface area contributed by atoms with Crippen LogP contribution in [0.5, 0.6) is 5.75 Å². The molecule has 1 N–H and O–H groups in total. The summed E-state index contributed by atoms with van der Waals surface area (Å²) in [5.41, 5.74) is 4.34. The van der Waals surface area contributed by atoms with Crippen molar-refractivity contribution in [2.45, 2.75) is 127 Å². The van der Waals surface area contributed by atoms with Crippen molar-refractivity contribution in [2.75, 3.05) is 65.1 Å². The average molecular weight is 853 g/mol. The molecule has 1 fully saturated rings. The smallest absolute Gasteiger partial charge is 0.209 e. The van der Waals surface area contributed by atoms with Crippen LogP contribution in [0.2, 0.25) is 16.6 Å². The lowest BCUT2D eigenvalue weighted by Gasteiger charge is -2.49. The Balaban J connectivity index is 1.57. The van der Waals surface area contributed by atoms with E-state index in [1.54, 1.807) is 26.4 Å². The fourth-order valence-electron chi connectivity index (χ4n) is 9.18. The predicted molar refractivity (Wildman–Crippen MR) is 240 cm³/mol. The first kappa shape index (κ1) is 47.2. The normalized spacial score (nSPS) is 20.4. The van der Waals surface area contributed by atoms with Crippen LogP contribution < -0.4 is 15.0 Å². The first-order chi connectivity index (χ1) is 28.1. The maximum absolute atomic E-state index is 15.0. The molecule has 0 bridgehead atoms. The number of fused-ring (bicyclic) bond motifs is 1. The summed E-state index contributed by atoms with van der Waals surface area (Å²) in [6.45, 7) is 24.8. The second kappa shape index (κ2) is 21.3. The van der Waals surface area contributed by atoms with E-state index in [4.69, 9.17) is 28.1 Å². The monoisotopic (exact) mass is 852 g/mol. The molecule has 2 aliphatic rings. The number of benzene rings is 3. The van der Waals surface area contributed by atoms with Gasteiger partial charge in [0.05, 0.1) is 48.7 Å². The van der Waals surface area contributed by atoms with Crippen molar-refractivity contribution in [2.24, 2.45) is 5.92 Å². The second-order valence-electron chi connectivity index (χ2n) is 17.6. The Bertz CT molecular complexity index is 1830. The Morgan fingerprint density at radius 2 is 1.53 bits per heavy atom. The van der Waals surface area contributed by atoms with Crippen molar-refractivity contribution in [1.29, 1.82) is 0 Å². The van der Waals surface area contributed by atoms with Crippen molar-refractivity contribution in [3.8, 4) is 5.75 Å². The predicted octanol–water partition coefficient (Wildman–Crippen LogP) is 9.22. The summed E-state index contributed by atoms with van der Waals surface area (Å²) in [6.07, 6.45) is 0.157. The summed E-state index contributed by atoms with van der Waals surface area (Å²) in [5, 5.41) is 3.64. The Morgan fingerprint density at radius 3 is 2.15 bits per heavy atom. The zero-order valence-corrected chi connectivity index (χ0v) is 39.3. The highest BCUT2D eigenvalue weighted by molar-refractivity contribution is 7.91. The second-order valence-corrected chi connectivity index (χ2v) is 25.0. The third-order valence-electron chi connectivity index (χ3n) is 12.7. The maximum Gasteiger partial charge on any atom is 0.209 e. The highest BCUT2D eigenvalue weighted by Crippen LogP contribution is 2.47. The van der Waals surface area contributed by atoms with Crippen molar-refractivity contribution >= 4 is 23.8 Å². The van der Waals surface area contributed by atoms with E-state index in [0.29, 0.717) is 68.2 Å². The van der Waals surface area contributed by atoms with Gasteiger partial charge in [-0.25, -0.2) is 8.42 Å². The first-order valence-corrected chi connectivity index (χ1v) is 25.4. The van der Waals surface area contributed by atoms with Gasteiger partial charge in [-0.05, 0) is 77.8 Å². The molecule has 0 spiro atoms. The van der Waals surface area contributed by atoms with Crippen LogP contribution in [0.3, 0.4) is 0 Å². The van der Waals surface area contributed by atoms with Gasteiger partial charge < -0.3 is 38.3 Å². The average Bonchev–Trinajstić information content (AvgIpc) is 3.21. The Morgan fingerprint density at radius 1 is 0.864 bits per heavy atom. The highest BCUT2D eigenvalue weighted by atomic mass is 32.2. The molecule has 0 saturated carbocycles. The van der Waals surface area contributed by atoms with E-state index < -0.39 is 29.7 Å². The van der Waals surface area contributed by atoms with Gasteiger partial charge in [0.25, 0.3) is 0 Å². The van der Waals surface area contributed by atoms with Crippen molar-refractivity contribution in [1.82, 2.24) is 5.32 Å². The molecule has 2 aliphatic heterocycles. The molecule has 1 saturated heterocycles. The van der Waals surface area contributed by atoms with Gasteiger partial charge in [-0.1, -0.05) is 96.5 Å². The lowest BCUT2D eigenvalue weighted by molar-refractivity contribution is -0.0365. The van der Waals surface area contributed by atoms with E-state index in [1.807, 2.05) is 37.3 Å². The summed E-state index contributed by atoms with van der Waals surface area (Å²) in [5.74, 6) is 0.750. The lowest BCUT2D eigenvalue weighted by atomic mass is 9.85. The maximum atomic E-state index is 15.0. The number of methoxy groups -OCH3 is 2. The van der Waals surface area contributed by atoms with E-state index in [9.17, 15) is 0 Å². The molecule has 2 heterocycles. The number of rotatable bonds is 21. The molecule has 0 radical (unpaired) electrons. The molecule has 0 aliphatic carbocycles. The molecule has 3 aromatic rings. The molecule has 6 atom stereocenters. The zero-order chi connectivity index (χ0) is 42.9. The Kier molecular flexibility index (Phi) is 17.1. The largest absolute Gasteiger partial charge is 0.490 e. The minimum absolute atomic E-state index is 0.109. The summed E-state index contributed by atoms with van der Waals surface area (Å²) >= 11 is 0. The first-order valence-electron chi connectivity index (χ1n) is 21.7. The molecule has 5 rings (SSSR count). The molecular weight excluding hydrogens is 781 g/mol. The minimum Gasteiger partial charge on any atom is -0.490 e. The van der Waals surface area contributed by atoms with Crippen LogP contribution in [0.1, 0.15) is 95.4 Å². The van der Waals surface area contributed by atoms with Crippen molar-refractivity contribution < 1.29 is 36.5 Å². The van der Waals surface area contributed by atoms with Crippen LogP contribution in [0, 0.1) is 12.8 Å². The van der Waals surface area contributed by atoms with E-state index in [0.717, 1.165) is 41.1 Å². The zero-order valence-electron chi connectivity index (χ0n) is 37.5. The van der Waals surface area contributed by atoms with Gasteiger partial charge in [-0.3, -0.25) is 0 Å². The molecule has 328 valence electrons. The van der Waals surface area contributed by atoms with Crippen LogP contribution in [0.15, 0.2) is 71.6 Å². The van der Waals surface area contributed by atoms with Crippen LogP contribution in [0.4, 0.5) is 5.69 Å². The van der Waals surface area contributed by atoms with Gasteiger partial charge in [-0.15, -0.1) is 0 Å². The van der Waals surface area contributed by atoms with Crippen LogP contribution in [-0.4, -0.2) is 95.3 Å². The molecule has 3 aromatic carbocycles. The quantitative estimate of drug-likeness (QED) is 0.0824. The van der Waals surface area contributed by atoms with Gasteiger partial charge >= 0.3 is 0 Å². The molecular formula is C47H72N2O8SSi. The number of hydrogen-bond acceptors (Lipinski definition) is 10. The van der Waals surface area contributed by atoms with E-state index in [1.165, 1.54) is 0 Å². The molecule has 59 heavy (non-hydrogen) atoms. The fraction of sp³-hybridized carbons (Fsp3) is 0.617. The number of nitrogens with zero attached hydrogens (tertiary/aromatic N) is 1. The Labute approximate surface area is 356 Å². The molecule has 1 unspecified atom stereocenters. The van der Waals surface area contributed by atoms with Crippen LogP contribution >= 0.6 is 0 Å². The van der Waals surface area contributed by atoms with Crippen LogP contribution in [-0.2, 0) is 39.8 Å². The van der Waals surface area contributed by atoms with E-state index in [-0.39, 0.29) is 28.9 Å².